The summed E-state index contributed by atoms with van der Waals surface area (Å²) in [5.74, 6) is -0.707. The molecule has 0 aromatic carbocycles. The van der Waals surface area contributed by atoms with E-state index in [4.69, 9.17) is 24.8 Å². The van der Waals surface area contributed by atoms with Gasteiger partial charge in [0.05, 0.1) is 16.3 Å². The monoisotopic (exact) mass is 502 g/mol. The van der Waals surface area contributed by atoms with Crippen LogP contribution in [0.3, 0.4) is 0 Å². The van der Waals surface area contributed by atoms with Gasteiger partial charge in [0.15, 0.2) is 0 Å². The highest BCUT2D eigenvalue weighted by Crippen LogP contribution is 2.27. The van der Waals surface area contributed by atoms with E-state index in [1.54, 1.807) is 29.5 Å². The Morgan fingerprint density at radius 2 is 2.11 bits per heavy atom. The van der Waals surface area contributed by atoms with Gasteiger partial charge < -0.3 is 29.9 Å². The number of nitrogens with one attached hydrogen (secondary N) is 1. The normalized spacial score (nSPS) is 23.0. The van der Waals surface area contributed by atoms with E-state index in [2.05, 4.69) is 4.98 Å². The summed E-state index contributed by atoms with van der Waals surface area (Å²) in [4.78, 5) is 35.5. The van der Waals surface area contributed by atoms with Crippen LogP contribution in [-0.2, 0) is 14.3 Å². The fourth-order valence-electron chi connectivity index (χ4n) is 2.27. The molecule has 2 heterocycles. The number of hydrogen-bond acceptors (Lipinski definition) is 9. The Bertz CT molecular complexity index is 733. The van der Waals surface area contributed by atoms with Crippen LogP contribution in [-0.4, -0.2) is 73.6 Å². The number of ketones is 1. The van der Waals surface area contributed by atoms with E-state index in [0.29, 0.717) is 10.2 Å². The Kier molecular flexibility index (Phi) is 9.72. The molecule has 27 heavy (non-hydrogen) atoms. The number of aromatic amines is 1. The average Bonchev–Trinajstić information content (AvgIpc) is 2.98. The van der Waals surface area contributed by atoms with Gasteiger partial charge in [-0.1, -0.05) is 0 Å². The lowest BCUT2D eigenvalue weighted by atomic mass is 10.2. The molecule has 0 spiro atoms. The molecular formula is C15H23IN2O9. The summed E-state index contributed by atoms with van der Waals surface area (Å²) in [6.45, 7) is 3.28. The van der Waals surface area contributed by atoms with Crippen molar-refractivity contribution in [3.8, 4) is 0 Å². The number of hydrogen-bond donors (Lipinski definition) is 5. The Balaban J connectivity index is 0.000000314. The summed E-state index contributed by atoms with van der Waals surface area (Å²) >= 11 is 1.80. The quantitative estimate of drug-likeness (QED) is 0.220. The van der Waals surface area contributed by atoms with Crippen LogP contribution in [0.5, 0.6) is 0 Å². The third-order valence-electron chi connectivity index (χ3n) is 3.69. The van der Waals surface area contributed by atoms with Crippen molar-refractivity contribution < 1.29 is 34.7 Å². The third-order valence-corrected chi connectivity index (χ3v) is 4.46. The SMILES string of the molecule is CCOC(C)C(=O)C(O)O.O=c1[nH]c(=O)n([C@H]2C[C@H](O)[C@@H](CO)O2)cc1I. The molecule has 1 aliphatic heterocycles. The number of ether oxygens (including phenoxy) is 2. The molecule has 11 nitrogen and oxygen atoms in total. The number of carbonyl (C=O) groups is 1. The number of rotatable bonds is 6. The number of halogens is 1. The maximum absolute atomic E-state index is 11.6. The van der Waals surface area contributed by atoms with E-state index in [0.717, 1.165) is 0 Å². The zero-order valence-electron chi connectivity index (χ0n) is 14.7. The van der Waals surface area contributed by atoms with E-state index in [1.165, 1.54) is 17.7 Å². The summed E-state index contributed by atoms with van der Waals surface area (Å²) in [6, 6.07) is 0. The number of H-pyrrole nitrogens is 1. The summed E-state index contributed by atoms with van der Waals surface area (Å²) in [7, 11) is 0. The molecule has 4 atom stereocenters. The van der Waals surface area contributed by atoms with Gasteiger partial charge in [0.25, 0.3) is 5.56 Å². The topological polar surface area (TPSA) is 171 Å². The minimum absolute atomic E-state index is 0.202. The van der Waals surface area contributed by atoms with Crippen molar-refractivity contribution in [3.63, 3.8) is 0 Å². The third kappa shape index (κ3) is 6.74. The highest BCUT2D eigenvalue weighted by molar-refractivity contribution is 14.1. The maximum atomic E-state index is 11.6. The molecule has 1 aromatic rings. The molecule has 5 N–H and O–H groups in total. The zero-order chi connectivity index (χ0) is 20.7. The van der Waals surface area contributed by atoms with Crippen molar-refractivity contribution in [1.29, 1.82) is 0 Å². The van der Waals surface area contributed by atoms with Crippen molar-refractivity contribution in [2.24, 2.45) is 0 Å². The number of aliphatic hydroxyl groups is 4. The predicted molar refractivity (Wildman–Crippen MR) is 100.0 cm³/mol. The molecule has 0 amide bonds. The molecule has 1 unspecified atom stereocenters. The summed E-state index contributed by atoms with van der Waals surface area (Å²) in [5, 5.41) is 35.2. The molecule has 0 radical (unpaired) electrons. The lowest BCUT2D eigenvalue weighted by molar-refractivity contribution is -0.155. The maximum Gasteiger partial charge on any atom is 0.330 e. The molecule has 1 saturated heterocycles. The van der Waals surface area contributed by atoms with Gasteiger partial charge in [0.1, 0.15) is 18.4 Å². The number of aliphatic hydroxyl groups excluding tert-OH is 3. The Hall–Kier alpha value is -1.16. The van der Waals surface area contributed by atoms with Crippen LogP contribution in [0.25, 0.3) is 0 Å². The van der Waals surface area contributed by atoms with Gasteiger partial charge in [-0.05, 0) is 36.4 Å². The Morgan fingerprint density at radius 3 is 2.59 bits per heavy atom. The van der Waals surface area contributed by atoms with E-state index >= 15 is 0 Å². The number of Topliss-reactive ketones (excluding diaryl/α,β-unsaturated/α-hetero) is 1. The van der Waals surface area contributed by atoms with Crippen molar-refractivity contribution in [2.45, 2.75) is 51.1 Å². The highest BCUT2D eigenvalue weighted by Gasteiger charge is 2.35. The van der Waals surface area contributed by atoms with Gasteiger partial charge in [-0.15, -0.1) is 0 Å². The van der Waals surface area contributed by atoms with E-state index in [9.17, 15) is 19.5 Å². The van der Waals surface area contributed by atoms with Crippen LogP contribution in [0.15, 0.2) is 15.8 Å². The molecule has 0 bridgehead atoms. The van der Waals surface area contributed by atoms with Crippen LogP contribution < -0.4 is 11.2 Å². The first-order valence-electron chi connectivity index (χ1n) is 8.09. The Morgan fingerprint density at radius 1 is 1.48 bits per heavy atom. The van der Waals surface area contributed by atoms with Crippen molar-refractivity contribution in [1.82, 2.24) is 9.55 Å². The second-order valence-electron chi connectivity index (χ2n) is 5.63. The first-order chi connectivity index (χ1) is 12.6. The first kappa shape index (κ1) is 23.9. The van der Waals surface area contributed by atoms with Gasteiger partial charge in [-0.25, -0.2) is 4.79 Å². The van der Waals surface area contributed by atoms with Crippen LogP contribution >= 0.6 is 22.6 Å². The molecular weight excluding hydrogens is 479 g/mol. The van der Waals surface area contributed by atoms with Gasteiger partial charge in [-0.3, -0.25) is 19.1 Å². The standard InChI is InChI=1S/C9H11IN2O5.C6H12O4/c10-4-2-12(9(16)11-8(4)15)7-1-5(14)6(3-13)17-7;1-3-10-4(2)5(7)6(8)9/h2,5-7,13-14H,1,3H2,(H,11,15,16);4,6,8-9H,3H2,1-2H3/t5-,6+,7+;/m0./s1. The number of carbonyl (C=O) groups excluding carboxylic acids is 1. The molecule has 1 aromatic heterocycles. The second kappa shape index (κ2) is 11.0. The average molecular weight is 502 g/mol. The molecule has 0 aliphatic carbocycles. The predicted octanol–water partition coefficient (Wildman–Crippen LogP) is -1.93. The van der Waals surface area contributed by atoms with Gasteiger partial charge in [0.2, 0.25) is 12.1 Å². The van der Waals surface area contributed by atoms with Crippen LogP contribution in [0.2, 0.25) is 0 Å². The molecule has 1 fully saturated rings. The van der Waals surface area contributed by atoms with Gasteiger partial charge in [0, 0.05) is 19.2 Å². The van der Waals surface area contributed by atoms with Crippen LogP contribution in [0.4, 0.5) is 0 Å². The summed E-state index contributed by atoms with van der Waals surface area (Å²) in [5.41, 5.74) is -1.05. The van der Waals surface area contributed by atoms with Gasteiger partial charge in [-0.2, -0.15) is 0 Å². The fourth-order valence-corrected chi connectivity index (χ4v) is 2.70. The van der Waals surface area contributed by atoms with Crippen molar-refractivity contribution in [3.05, 3.63) is 30.6 Å². The lowest BCUT2D eigenvalue weighted by Crippen LogP contribution is -2.33. The number of nitrogens with zero attached hydrogens (tertiary/aromatic N) is 1. The van der Waals surface area contributed by atoms with Gasteiger partial charge >= 0.3 is 5.69 Å². The van der Waals surface area contributed by atoms with E-state index in [-0.39, 0.29) is 13.0 Å². The van der Waals surface area contributed by atoms with Crippen molar-refractivity contribution in [2.75, 3.05) is 13.2 Å². The highest BCUT2D eigenvalue weighted by atomic mass is 127. The smallest absolute Gasteiger partial charge is 0.330 e. The van der Waals surface area contributed by atoms with Crippen LogP contribution in [0, 0.1) is 3.57 Å². The summed E-state index contributed by atoms with van der Waals surface area (Å²) < 4.78 is 11.7. The van der Waals surface area contributed by atoms with E-state index in [1.807, 2.05) is 0 Å². The van der Waals surface area contributed by atoms with E-state index < -0.39 is 47.9 Å². The fraction of sp³-hybridized carbons (Fsp3) is 0.667. The van der Waals surface area contributed by atoms with Crippen molar-refractivity contribution >= 4 is 28.4 Å². The minimum Gasteiger partial charge on any atom is -0.394 e. The molecule has 0 saturated carbocycles. The molecule has 154 valence electrons. The lowest BCUT2D eigenvalue weighted by Gasteiger charge is -2.14. The second-order valence-corrected chi connectivity index (χ2v) is 6.79. The number of aromatic nitrogens is 2. The molecule has 1 aliphatic rings. The van der Waals surface area contributed by atoms with Crippen LogP contribution in [0.1, 0.15) is 26.5 Å². The minimum atomic E-state index is -1.92. The summed E-state index contributed by atoms with van der Waals surface area (Å²) in [6.07, 6.45) is -3.25. The zero-order valence-corrected chi connectivity index (χ0v) is 16.9. The molecule has 2 rings (SSSR count). The first-order valence-corrected chi connectivity index (χ1v) is 9.17. The molecule has 12 heteroatoms. The Labute approximate surface area is 167 Å². The largest absolute Gasteiger partial charge is 0.394 e.